The van der Waals surface area contributed by atoms with Crippen LogP contribution >= 0.6 is 11.6 Å². The van der Waals surface area contributed by atoms with Gasteiger partial charge in [-0.15, -0.1) is 0 Å². The molecule has 1 atom stereocenters. The Kier molecular flexibility index (Phi) is 10.2. The molecule has 1 aromatic heterocycles. The van der Waals surface area contributed by atoms with Crippen molar-refractivity contribution in [2.45, 2.75) is 58.3 Å². The molecular formula is C28H34ClN3O6. The van der Waals surface area contributed by atoms with Gasteiger partial charge in [-0.2, -0.15) is 0 Å². The van der Waals surface area contributed by atoms with E-state index < -0.39 is 6.16 Å². The number of aromatic nitrogens is 2. The summed E-state index contributed by atoms with van der Waals surface area (Å²) in [4.78, 5) is 35.3. The average molecular weight is 544 g/mol. The lowest BCUT2D eigenvalue weighted by molar-refractivity contribution is 0.0784. The number of rotatable bonds is 9. The first-order chi connectivity index (χ1) is 18.1. The van der Waals surface area contributed by atoms with Gasteiger partial charge in [-0.05, 0) is 61.6 Å². The second-order valence-corrected chi connectivity index (χ2v) is 9.85. The molecule has 2 N–H and O–H groups in total. The molecule has 3 aromatic rings. The van der Waals surface area contributed by atoms with Crippen molar-refractivity contribution in [3.05, 3.63) is 97.3 Å². The van der Waals surface area contributed by atoms with E-state index in [0.717, 1.165) is 22.9 Å². The highest BCUT2D eigenvalue weighted by molar-refractivity contribution is 6.30. The molecule has 204 valence electrons. The van der Waals surface area contributed by atoms with Crippen LogP contribution < -0.4 is 16.0 Å². The molecule has 0 unspecified atom stereocenters. The van der Waals surface area contributed by atoms with Crippen LogP contribution in [0.2, 0.25) is 5.02 Å². The molecule has 1 aliphatic rings. The van der Waals surface area contributed by atoms with Gasteiger partial charge in [0.2, 0.25) is 0 Å². The number of ether oxygens (including phenoxy) is 1. The van der Waals surface area contributed by atoms with Gasteiger partial charge in [-0.3, -0.25) is 14.3 Å². The predicted molar refractivity (Wildman–Crippen MR) is 146 cm³/mol. The second-order valence-electron chi connectivity index (χ2n) is 9.41. The summed E-state index contributed by atoms with van der Waals surface area (Å²) >= 11 is 6.09. The van der Waals surface area contributed by atoms with Gasteiger partial charge < -0.3 is 19.5 Å². The van der Waals surface area contributed by atoms with Gasteiger partial charge in [0.15, 0.2) is 0 Å². The SMILES string of the molecule is Cc1cc(CN(C2CCC2)[C@H](C)c2ccc(Cl)cc2)ccc1OCCn1c(=O)ccn(C)c1=O.O=C(O)O. The van der Waals surface area contributed by atoms with E-state index in [9.17, 15) is 9.59 Å². The Morgan fingerprint density at radius 3 is 2.37 bits per heavy atom. The fraction of sp³-hybridized carbons (Fsp3) is 0.393. The number of hydrogen-bond acceptors (Lipinski definition) is 5. The number of hydrogen-bond donors (Lipinski definition) is 2. The van der Waals surface area contributed by atoms with Crippen LogP contribution in [-0.4, -0.2) is 43.1 Å². The summed E-state index contributed by atoms with van der Waals surface area (Å²) in [7, 11) is 1.63. The number of nitrogens with zero attached hydrogens (tertiary/aromatic N) is 3. The molecular weight excluding hydrogens is 510 g/mol. The van der Waals surface area contributed by atoms with Crippen LogP contribution in [0.4, 0.5) is 4.79 Å². The van der Waals surface area contributed by atoms with E-state index in [4.69, 9.17) is 31.3 Å². The Morgan fingerprint density at radius 1 is 1.13 bits per heavy atom. The maximum absolute atomic E-state index is 12.2. The highest BCUT2D eigenvalue weighted by Gasteiger charge is 2.29. The first-order valence-corrected chi connectivity index (χ1v) is 12.9. The fourth-order valence-electron chi connectivity index (χ4n) is 4.48. The lowest BCUT2D eigenvalue weighted by Gasteiger charge is -2.41. The van der Waals surface area contributed by atoms with Crippen molar-refractivity contribution in [3.63, 3.8) is 0 Å². The van der Waals surface area contributed by atoms with Crippen molar-refractivity contribution in [3.8, 4) is 5.75 Å². The Balaban J connectivity index is 0.000000934. The molecule has 0 spiro atoms. The summed E-state index contributed by atoms with van der Waals surface area (Å²) in [5.74, 6) is 0.769. The number of halogens is 1. The van der Waals surface area contributed by atoms with E-state index in [2.05, 4.69) is 36.1 Å². The summed E-state index contributed by atoms with van der Waals surface area (Å²) in [6, 6.07) is 16.7. The highest BCUT2D eigenvalue weighted by Crippen LogP contribution is 2.34. The maximum atomic E-state index is 12.2. The van der Waals surface area contributed by atoms with Crippen LogP contribution in [0.15, 0.2) is 64.3 Å². The van der Waals surface area contributed by atoms with Gasteiger partial charge in [0.25, 0.3) is 5.56 Å². The summed E-state index contributed by atoms with van der Waals surface area (Å²) in [5.41, 5.74) is 2.90. The second kappa shape index (κ2) is 13.3. The van der Waals surface area contributed by atoms with Crippen LogP contribution in [0.1, 0.15) is 48.9 Å². The molecule has 0 radical (unpaired) electrons. The van der Waals surface area contributed by atoms with Gasteiger partial charge in [0.1, 0.15) is 12.4 Å². The largest absolute Gasteiger partial charge is 0.503 e. The molecule has 1 fully saturated rings. The molecule has 4 rings (SSSR count). The number of aryl methyl sites for hydroxylation is 2. The van der Waals surface area contributed by atoms with Crippen molar-refractivity contribution in [1.82, 2.24) is 14.0 Å². The van der Waals surface area contributed by atoms with E-state index >= 15 is 0 Å². The summed E-state index contributed by atoms with van der Waals surface area (Å²) < 4.78 is 8.51. The summed E-state index contributed by atoms with van der Waals surface area (Å²) in [6.45, 7) is 5.62. The maximum Gasteiger partial charge on any atom is 0.503 e. The van der Waals surface area contributed by atoms with Gasteiger partial charge in [-0.25, -0.2) is 9.59 Å². The molecule has 9 nitrogen and oxygen atoms in total. The third-order valence-electron chi connectivity index (χ3n) is 6.81. The van der Waals surface area contributed by atoms with Crippen LogP contribution in [0.5, 0.6) is 5.75 Å². The van der Waals surface area contributed by atoms with Gasteiger partial charge in [-0.1, -0.05) is 42.3 Å². The molecule has 38 heavy (non-hydrogen) atoms. The molecule has 10 heteroatoms. The topological polar surface area (TPSA) is 114 Å². The Morgan fingerprint density at radius 2 is 1.79 bits per heavy atom. The van der Waals surface area contributed by atoms with E-state index in [1.807, 2.05) is 25.1 Å². The monoisotopic (exact) mass is 543 g/mol. The molecule has 0 aliphatic heterocycles. The zero-order valence-electron chi connectivity index (χ0n) is 21.8. The van der Waals surface area contributed by atoms with Crippen LogP contribution in [-0.2, 0) is 20.1 Å². The first-order valence-electron chi connectivity index (χ1n) is 12.5. The van der Waals surface area contributed by atoms with Gasteiger partial charge >= 0.3 is 11.8 Å². The highest BCUT2D eigenvalue weighted by atomic mass is 35.5. The molecule has 1 heterocycles. The van der Waals surface area contributed by atoms with Crippen molar-refractivity contribution in [2.75, 3.05) is 6.61 Å². The van der Waals surface area contributed by atoms with E-state index in [0.29, 0.717) is 12.1 Å². The zero-order chi connectivity index (χ0) is 27.8. The molecule has 0 saturated heterocycles. The minimum atomic E-state index is -1.83. The van der Waals surface area contributed by atoms with E-state index in [1.165, 1.54) is 51.8 Å². The summed E-state index contributed by atoms with van der Waals surface area (Å²) in [6.07, 6.45) is 3.40. The fourth-order valence-corrected chi connectivity index (χ4v) is 4.61. The van der Waals surface area contributed by atoms with Crippen molar-refractivity contribution in [2.24, 2.45) is 7.05 Å². The Bertz CT molecular complexity index is 1340. The first kappa shape index (κ1) is 29.0. The molecule has 1 saturated carbocycles. The minimum Gasteiger partial charge on any atom is -0.491 e. The third-order valence-corrected chi connectivity index (χ3v) is 7.06. The minimum absolute atomic E-state index is 0.210. The van der Waals surface area contributed by atoms with Crippen molar-refractivity contribution >= 4 is 17.8 Å². The Hall–Kier alpha value is -3.56. The standard InChI is InChI=1S/C27H32ClN3O3.CH2O3/c1-19-17-21(7-12-25(19)34-16-15-30-26(32)13-14-29(3)27(30)33)18-31(24-5-4-6-24)20(2)22-8-10-23(28)11-9-22;2-1(3)4/h7-14,17,20,24H,4-6,15-16,18H2,1-3H3;(H2,2,3,4)/t20-;/m1./s1. The molecule has 0 amide bonds. The lowest BCUT2D eigenvalue weighted by atomic mass is 9.89. The van der Waals surface area contributed by atoms with Crippen molar-refractivity contribution in [1.29, 1.82) is 0 Å². The molecule has 2 aromatic carbocycles. The number of carbonyl (C=O) groups is 1. The van der Waals surface area contributed by atoms with Crippen LogP contribution in [0.25, 0.3) is 0 Å². The van der Waals surface area contributed by atoms with Gasteiger partial charge in [0.05, 0.1) is 6.54 Å². The van der Waals surface area contributed by atoms with Crippen LogP contribution in [0, 0.1) is 6.92 Å². The van der Waals surface area contributed by atoms with Crippen LogP contribution in [0.3, 0.4) is 0 Å². The molecule has 0 bridgehead atoms. The van der Waals surface area contributed by atoms with Crippen molar-refractivity contribution < 1.29 is 19.7 Å². The average Bonchev–Trinajstić information content (AvgIpc) is 2.83. The summed E-state index contributed by atoms with van der Waals surface area (Å²) in [5, 5.41) is 14.7. The quantitative estimate of drug-likeness (QED) is 0.393. The van der Waals surface area contributed by atoms with Gasteiger partial charge in [0, 0.05) is 43.0 Å². The third kappa shape index (κ3) is 7.72. The number of carboxylic acid groups (broad SMARTS) is 2. The normalized spacial score (nSPS) is 13.8. The Labute approximate surface area is 226 Å². The zero-order valence-corrected chi connectivity index (χ0v) is 22.6. The molecule has 1 aliphatic carbocycles. The smallest absolute Gasteiger partial charge is 0.491 e. The lowest BCUT2D eigenvalue weighted by Crippen LogP contribution is -2.41. The predicted octanol–water partition coefficient (Wildman–Crippen LogP) is 4.93. The van der Waals surface area contributed by atoms with E-state index in [1.54, 1.807) is 7.05 Å². The number of benzene rings is 2. The van der Waals surface area contributed by atoms with E-state index in [-0.39, 0.29) is 24.4 Å².